The Balaban J connectivity index is 1.13. The molecule has 1 aliphatic carbocycles. The van der Waals surface area contributed by atoms with Crippen LogP contribution in [0.4, 0.5) is 14.7 Å². The lowest BCUT2D eigenvalue weighted by molar-refractivity contribution is -0.626. The van der Waals surface area contributed by atoms with Gasteiger partial charge >= 0.3 is 13.4 Å². The maximum Gasteiger partial charge on any atom is 0.325 e. The summed E-state index contributed by atoms with van der Waals surface area (Å²) < 4.78 is 68.1. The largest absolute Gasteiger partial charge is 0.386 e. The number of nitrogens with one attached hydrogen (secondary N) is 1. The third-order valence-electron chi connectivity index (χ3n) is 8.86. The number of aromatic nitrogens is 4. The monoisotopic (exact) mass is 753 g/mol. The number of imidazole rings is 1. The molecule has 11 atom stereocenters. The lowest BCUT2D eigenvalue weighted by Gasteiger charge is -2.28. The zero-order valence-corrected chi connectivity index (χ0v) is 27.3. The number of hydrogen-bond donors (Lipinski definition) is 6. The fourth-order valence-electron chi connectivity index (χ4n) is 6.55. The first kappa shape index (κ1) is 32.6. The van der Waals surface area contributed by atoms with Gasteiger partial charge < -0.3 is 44.9 Å². The summed E-state index contributed by atoms with van der Waals surface area (Å²) in [5.74, 6) is -3.59. The highest BCUT2D eigenvalue weighted by atomic mass is 32.5. The van der Waals surface area contributed by atoms with E-state index in [0.717, 1.165) is 6.33 Å². The first-order chi connectivity index (χ1) is 22.6. The van der Waals surface area contributed by atoms with Crippen LogP contribution >= 0.6 is 13.4 Å². The summed E-state index contributed by atoms with van der Waals surface area (Å²) in [5, 5.41) is 11.3. The molecule has 6 aliphatic rings. The second-order valence-corrected chi connectivity index (χ2v) is 17.2. The van der Waals surface area contributed by atoms with Gasteiger partial charge in [-0.15, -0.1) is 0 Å². The summed E-state index contributed by atoms with van der Waals surface area (Å²) >= 11 is 10.5. The number of hydrogen-bond acceptors (Lipinski definition) is 17. The molecule has 0 aromatic carbocycles. The van der Waals surface area contributed by atoms with Crippen LogP contribution in [0, 0.1) is 5.41 Å². The number of nitrogens with two attached hydrogens (primary N) is 2. The number of aliphatic hydroxyl groups is 1. The number of rotatable bonds is 2. The predicted molar refractivity (Wildman–Crippen MR) is 165 cm³/mol. The van der Waals surface area contributed by atoms with Gasteiger partial charge in [-0.1, -0.05) is 0 Å². The van der Waals surface area contributed by atoms with E-state index in [1.807, 2.05) is 0 Å². The van der Waals surface area contributed by atoms with Gasteiger partial charge in [0.25, 0.3) is 29.7 Å². The smallest absolute Gasteiger partial charge is 0.325 e. The van der Waals surface area contributed by atoms with E-state index in [-0.39, 0.29) is 28.7 Å². The molecule has 258 valence electrons. The van der Waals surface area contributed by atoms with Crippen LogP contribution in [0.1, 0.15) is 12.6 Å². The van der Waals surface area contributed by atoms with Crippen LogP contribution in [0.15, 0.2) is 26.1 Å². The van der Waals surface area contributed by atoms with Gasteiger partial charge in [0.15, 0.2) is 23.2 Å². The molecule has 2 aromatic heterocycles. The van der Waals surface area contributed by atoms with Crippen molar-refractivity contribution in [2.24, 2.45) is 26.1 Å². The fraction of sp³-hybridized carbons (Fsp3) is 0.591. The molecule has 3 unspecified atom stereocenters. The van der Waals surface area contributed by atoms with Crippen molar-refractivity contribution in [3.8, 4) is 0 Å². The van der Waals surface area contributed by atoms with E-state index in [1.165, 1.54) is 21.8 Å². The quantitative estimate of drug-likeness (QED) is 0.146. The molecule has 8 N–H and O–H groups in total. The van der Waals surface area contributed by atoms with Gasteiger partial charge in [0, 0.05) is 6.42 Å². The van der Waals surface area contributed by atoms with E-state index >= 15 is 8.78 Å². The maximum atomic E-state index is 15.4. The molecule has 26 heteroatoms. The Morgan fingerprint density at radius 3 is 2.60 bits per heavy atom. The SMILES string of the molecule is NC1=NC=NC2C1=NC=[N+]2[C@@H]1O[C@@H]2COP(O)(=S)O[C@H]3[C@@H](O)[C@H](n4cnc5c(=O)[nH]c(N)nc54)O[C@@H]3COP(O)(=S)O[C@@H]1[C@@]21CC1(F)F. The Hall–Kier alpha value is -2.57. The van der Waals surface area contributed by atoms with E-state index in [1.54, 1.807) is 0 Å². The molecule has 48 heavy (non-hydrogen) atoms. The molecule has 1 saturated carbocycles. The molecular weight excluding hydrogens is 728 g/mol. The molecule has 7 heterocycles. The highest BCUT2D eigenvalue weighted by Crippen LogP contribution is 2.72. The number of halogens is 2. The third kappa shape index (κ3) is 5.05. The number of aliphatic hydroxyl groups excluding tert-OH is 1. The van der Waals surface area contributed by atoms with Gasteiger partial charge in [0.05, 0.1) is 19.5 Å². The average molecular weight is 754 g/mol. The predicted octanol–water partition coefficient (Wildman–Crippen LogP) is -1.82. The minimum atomic E-state index is -4.43. The van der Waals surface area contributed by atoms with Crippen molar-refractivity contribution in [1.29, 1.82) is 0 Å². The number of nitrogens with zero attached hydrogens (tertiary/aromatic N) is 7. The second-order valence-electron chi connectivity index (χ2n) is 11.6. The van der Waals surface area contributed by atoms with Crippen molar-refractivity contribution in [3.63, 3.8) is 0 Å². The summed E-state index contributed by atoms with van der Waals surface area (Å²) in [6.45, 7) is -10.2. The Morgan fingerprint density at radius 1 is 1.12 bits per heavy atom. The first-order valence-electron chi connectivity index (χ1n) is 14.1. The van der Waals surface area contributed by atoms with Crippen molar-refractivity contribution in [1.82, 2.24) is 19.5 Å². The van der Waals surface area contributed by atoms with Gasteiger partial charge in [0.1, 0.15) is 42.3 Å². The molecule has 0 radical (unpaired) electrons. The first-order valence-corrected chi connectivity index (χ1v) is 19.2. The van der Waals surface area contributed by atoms with Crippen molar-refractivity contribution >= 4 is 78.4 Å². The molecule has 5 aliphatic heterocycles. The van der Waals surface area contributed by atoms with Crippen LogP contribution in [0.3, 0.4) is 0 Å². The normalized spacial score (nSPS) is 43.5. The van der Waals surface area contributed by atoms with Crippen LogP contribution in [0.5, 0.6) is 0 Å². The van der Waals surface area contributed by atoms with Crippen LogP contribution in [-0.4, -0.2) is 125 Å². The van der Waals surface area contributed by atoms with Crippen molar-refractivity contribution < 1.29 is 55.8 Å². The Kier molecular flexibility index (Phi) is 7.45. The topological polar surface area (TPSA) is 272 Å². The van der Waals surface area contributed by atoms with E-state index < -0.39 is 99.1 Å². The number of aromatic amines is 1. The van der Waals surface area contributed by atoms with E-state index in [9.17, 15) is 19.7 Å². The van der Waals surface area contributed by atoms with Crippen molar-refractivity contribution in [3.05, 3.63) is 16.7 Å². The maximum absolute atomic E-state index is 15.4. The molecule has 8 rings (SSSR count). The standard InChI is InChI=1S/C22H24F2N10O10P2S2/c23-22(24)3-21(22)8-2-40-45(37,47)43-12-7(41-18(11(12)35)34-6-30-10-16(34)31-20(26)32-17(10)36)1-39-46(38,48)44-13(21)19(42-8)33-5-29-9-14(25)27-4-28-15(9)33/h4-8,11-13,15,18-19,35H,1-3H2,(H6-,25,26,27,28,31,32,36,37,38,47,48)/p+1/t7-,8-,11-,12-,13+,15?,18-,19-,21-,45?,46?/m1/s1. The number of nitrogen functional groups attached to an aromatic ring is 1. The number of ether oxygens (including phenoxy) is 2. The summed E-state index contributed by atoms with van der Waals surface area (Å²) in [4.78, 5) is 57.4. The van der Waals surface area contributed by atoms with E-state index in [0.29, 0.717) is 0 Å². The molecule has 3 saturated heterocycles. The number of anilines is 1. The summed E-state index contributed by atoms with van der Waals surface area (Å²) in [5.41, 5.74) is 8.92. The molecular formula is C22H25F2N10O10P2S2+. The van der Waals surface area contributed by atoms with Crippen molar-refractivity contribution in [2.45, 2.75) is 61.5 Å². The molecule has 4 fully saturated rings. The molecule has 20 nitrogen and oxygen atoms in total. The number of fused-ring (bicyclic) bond motifs is 3. The van der Waals surface area contributed by atoms with Gasteiger partial charge in [-0.05, 0) is 28.6 Å². The van der Waals surface area contributed by atoms with Gasteiger partial charge in [-0.3, -0.25) is 23.4 Å². The van der Waals surface area contributed by atoms with Crippen molar-refractivity contribution in [2.75, 3.05) is 18.9 Å². The van der Waals surface area contributed by atoms with Crippen LogP contribution in [0.2, 0.25) is 0 Å². The molecule has 2 bridgehead atoms. The minimum Gasteiger partial charge on any atom is -0.386 e. The van der Waals surface area contributed by atoms with Gasteiger partial charge in [0.2, 0.25) is 12.2 Å². The summed E-state index contributed by atoms with van der Waals surface area (Å²) in [7, 11) is 0. The zero-order chi connectivity index (χ0) is 34.0. The van der Waals surface area contributed by atoms with Crippen LogP contribution in [0.25, 0.3) is 11.2 Å². The summed E-state index contributed by atoms with van der Waals surface area (Å²) in [6.07, 6.45) is -8.46. The average Bonchev–Trinajstić information content (AvgIpc) is 3.49. The number of amidine groups is 1. The van der Waals surface area contributed by atoms with E-state index in [4.69, 9.17) is 62.6 Å². The number of alkyl halides is 2. The highest BCUT2D eigenvalue weighted by molar-refractivity contribution is 8.07. The minimum absolute atomic E-state index is 0.0489. The molecule has 2 aromatic rings. The van der Waals surface area contributed by atoms with E-state index in [2.05, 4.69) is 29.9 Å². The number of aliphatic imine (C=N–C) groups is 3. The third-order valence-corrected chi connectivity index (χ3v) is 12.0. The fourth-order valence-corrected chi connectivity index (χ4v) is 9.42. The number of H-pyrrole nitrogens is 1. The van der Waals surface area contributed by atoms with Gasteiger partial charge in [-0.25, -0.2) is 28.3 Å². The Bertz CT molecular complexity index is 2010. The zero-order valence-electron chi connectivity index (χ0n) is 23.9. The lowest BCUT2D eigenvalue weighted by Crippen LogP contribution is -2.48. The van der Waals surface area contributed by atoms with Crippen LogP contribution in [-0.2, 0) is 51.2 Å². The summed E-state index contributed by atoms with van der Waals surface area (Å²) in [6, 6.07) is 0. The van der Waals surface area contributed by atoms with Gasteiger partial charge in [-0.2, -0.15) is 4.98 Å². The Labute approximate surface area is 276 Å². The second kappa shape index (κ2) is 11.0. The lowest BCUT2D eigenvalue weighted by atomic mass is 9.93. The highest BCUT2D eigenvalue weighted by Gasteiger charge is 2.85. The molecule has 0 amide bonds. The van der Waals surface area contributed by atoms with Crippen LogP contribution < -0.4 is 17.0 Å². The molecule has 1 spiro atoms. The Morgan fingerprint density at radius 2 is 1.85 bits per heavy atom.